The van der Waals surface area contributed by atoms with E-state index in [4.69, 9.17) is 32.7 Å². The van der Waals surface area contributed by atoms with Gasteiger partial charge in [-0.05, 0) is 55.0 Å². The van der Waals surface area contributed by atoms with Crippen molar-refractivity contribution in [3.8, 4) is 11.5 Å². The molecule has 3 aromatic rings. The van der Waals surface area contributed by atoms with Crippen LogP contribution in [0.4, 0.5) is 10.5 Å². The number of anilines is 1. The molecule has 1 heterocycles. The van der Waals surface area contributed by atoms with Crippen LogP contribution in [0.2, 0.25) is 10.0 Å². The number of rotatable bonds is 6. The van der Waals surface area contributed by atoms with Gasteiger partial charge in [0, 0.05) is 15.6 Å². The zero-order valence-electron chi connectivity index (χ0n) is 18.8. The van der Waals surface area contributed by atoms with Crippen molar-refractivity contribution in [2.75, 3.05) is 12.0 Å². The SMILES string of the molecule is COc1cc(/C=C2\C(=O)NC(=O)N(c3ccc(C)cc3)C2=O)ccc1OCc1c(Cl)cccc1Cl. The van der Waals surface area contributed by atoms with Crippen LogP contribution in [0.3, 0.4) is 0 Å². The molecule has 0 bridgehead atoms. The van der Waals surface area contributed by atoms with Crippen molar-refractivity contribution < 1.29 is 23.9 Å². The van der Waals surface area contributed by atoms with Gasteiger partial charge in [0.15, 0.2) is 11.5 Å². The lowest BCUT2D eigenvalue weighted by Crippen LogP contribution is -2.54. The quantitative estimate of drug-likeness (QED) is 0.346. The Bertz CT molecular complexity index is 1330. The van der Waals surface area contributed by atoms with E-state index in [9.17, 15) is 14.4 Å². The molecule has 0 unspecified atom stereocenters. The van der Waals surface area contributed by atoms with Gasteiger partial charge in [0.1, 0.15) is 12.2 Å². The molecule has 0 aromatic heterocycles. The monoisotopic (exact) mass is 510 g/mol. The molecule has 1 aliphatic heterocycles. The van der Waals surface area contributed by atoms with E-state index >= 15 is 0 Å². The number of urea groups is 1. The van der Waals surface area contributed by atoms with Crippen LogP contribution in [0.5, 0.6) is 11.5 Å². The highest BCUT2D eigenvalue weighted by atomic mass is 35.5. The standard InChI is InChI=1S/C26H20Cl2N2O5/c1-15-6-9-17(10-7-15)30-25(32)18(24(31)29-26(30)33)12-16-8-11-22(23(13-16)34-2)35-14-19-20(27)4-3-5-21(19)28/h3-13H,14H2,1-2H3,(H,29,31,33)/b18-12+. The molecule has 3 aromatic carbocycles. The van der Waals surface area contributed by atoms with Crippen LogP contribution in [0.1, 0.15) is 16.7 Å². The molecule has 1 aliphatic rings. The number of carbonyl (C=O) groups excluding carboxylic acids is 3. The van der Waals surface area contributed by atoms with E-state index in [1.807, 2.05) is 6.92 Å². The number of benzene rings is 3. The Labute approximate surface area is 211 Å². The zero-order chi connectivity index (χ0) is 25.1. The molecular weight excluding hydrogens is 491 g/mol. The van der Waals surface area contributed by atoms with Crippen molar-refractivity contribution >= 4 is 52.8 Å². The first kappa shape index (κ1) is 24.3. The number of imide groups is 2. The van der Waals surface area contributed by atoms with Crippen molar-refractivity contribution in [3.05, 3.63) is 93.0 Å². The van der Waals surface area contributed by atoms with E-state index in [2.05, 4.69) is 5.32 Å². The van der Waals surface area contributed by atoms with Gasteiger partial charge in [-0.2, -0.15) is 0 Å². The van der Waals surface area contributed by atoms with Gasteiger partial charge in [0.25, 0.3) is 11.8 Å². The topological polar surface area (TPSA) is 84.9 Å². The summed E-state index contributed by atoms with van der Waals surface area (Å²) in [4.78, 5) is 38.8. The molecule has 7 nitrogen and oxygen atoms in total. The first-order chi connectivity index (χ1) is 16.8. The average molecular weight is 511 g/mol. The predicted octanol–water partition coefficient (Wildman–Crippen LogP) is 5.56. The van der Waals surface area contributed by atoms with Crippen LogP contribution in [0, 0.1) is 6.92 Å². The number of methoxy groups -OCH3 is 1. The van der Waals surface area contributed by atoms with E-state index < -0.39 is 17.8 Å². The van der Waals surface area contributed by atoms with E-state index in [-0.39, 0.29) is 12.2 Å². The summed E-state index contributed by atoms with van der Waals surface area (Å²) in [5.41, 5.74) is 2.27. The van der Waals surface area contributed by atoms with Gasteiger partial charge >= 0.3 is 6.03 Å². The Morgan fingerprint density at radius 1 is 0.943 bits per heavy atom. The van der Waals surface area contributed by atoms with E-state index in [1.54, 1.807) is 60.7 Å². The molecule has 4 rings (SSSR count). The van der Waals surface area contributed by atoms with Crippen molar-refractivity contribution in [3.63, 3.8) is 0 Å². The van der Waals surface area contributed by atoms with Gasteiger partial charge in [-0.15, -0.1) is 0 Å². The third-order valence-corrected chi connectivity index (χ3v) is 6.03. The van der Waals surface area contributed by atoms with Crippen LogP contribution >= 0.6 is 23.2 Å². The number of amides is 4. The number of hydrogen-bond donors (Lipinski definition) is 1. The van der Waals surface area contributed by atoms with Crippen molar-refractivity contribution in [2.45, 2.75) is 13.5 Å². The molecule has 4 amide bonds. The minimum atomic E-state index is -0.805. The number of nitrogens with one attached hydrogen (secondary N) is 1. The van der Waals surface area contributed by atoms with Gasteiger partial charge in [-0.25, -0.2) is 9.69 Å². The molecule has 0 spiro atoms. The summed E-state index contributed by atoms with van der Waals surface area (Å²) in [7, 11) is 1.47. The lowest BCUT2D eigenvalue weighted by atomic mass is 10.1. The molecule has 35 heavy (non-hydrogen) atoms. The van der Waals surface area contributed by atoms with E-state index in [1.165, 1.54) is 13.2 Å². The Hall–Kier alpha value is -3.81. The highest BCUT2D eigenvalue weighted by Crippen LogP contribution is 2.32. The fourth-order valence-electron chi connectivity index (χ4n) is 3.47. The van der Waals surface area contributed by atoms with Crippen LogP contribution in [-0.2, 0) is 16.2 Å². The summed E-state index contributed by atoms with van der Waals surface area (Å²) >= 11 is 12.4. The first-order valence-electron chi connectivity index (χ1n) is 10.5. The lowest BCUT2D eigenvalue weighted by molar-refractivity contribution is -0.122. The molecule has 178 valence electrons. The maximum atomic E-state index is 13.1. The first-order valence-corrected chi connectivity index (χ1v) is 11.3. The van der Waals surface area contributed by atoms with Crippen molar-refractivity contribution in [1.82, 2.24) is 5.32 Å². The van der Waals surface area contributed by atoms with Crippen molar-refractivity contribution in [2.24, 2.45) is 0 Å². The van der Waals surface area contributed by atoms with Gasteiger partial charge in [-0.3, -0.25) is 14.9 Å². The number of aryl methyl sites for hydroxylation is 1. The Kier molecular flexibility index (Phi) is 7.10. The third kappa shape index (κ3) is 5.16. The molecule has 0 aliphatic carbocycles. The van der Waals surface area contributed by atoms with Crippen LogP contribution in [0.25, 0.3) is 6.08 Å². The summed E-state index contributed by atoms with van der Waals surface area (Å²) in [5, 5.41) is 3.17. The Morgan fingerprint density at radius 3 is 2.29 bits per heavy atom. The van der Waals surface area contributed by atoms with Gasteiger partial charge in [0.2, 0.25) is 0 Å². The maximum absolute atomic E-state index is 13.1. The van der Waals surface area contributed by atoms with E-state index in [0.29, 0.717) is 38.4 Å². The average Bonchev–Trinajstić information content (AvgIpc) is 2.83. The second-order valence-corrected chi connectivity index (χ2v) is 8.51. The van der Waals surface area contributed by atoms with Gasteiger partial charge in [0.05, 0.1) is 12.8 Å². The predicted molar refractivity (Wildman–Crippen MR) is 134 cm³/mol. The number of carbonyl (C=O) groups is 3. The highest BCUT2D eigenvalue weighted by molar-refractivity contribution is 6.39. The van der Waals surface area contributed by atoms with Crippen LogP contribution in [-0.4, -0.2) is 25.0 Å². The molecule has 0 saturated carbocycles. The Morgan fingerprint density at radius 2 is 1.63 bits per heavy atom. The molecule has 9 heteroatoms. The summed E-state index contributed by atoms with van der Waals surface area (Å²) in [5.74, 6) is -0.717. The molecular formula is C26H20Cl2N2O5. The fraction of sp³-hybridized carbons (Fsp3) is 0.115. The highest BCUT2D eigenvalue weighted by Gasteiger charge is 2.36. The smallest absolute Gasteiger partial charge is 0.335 e. The molecule has 0 atom stereocenters. The fourth-order valence-corrected chi connectivity index (χ4v) is 3.97. The van der Waals surface area contributed by atoms with Crippen LogP contribution in [0.15, 0.2) is 66.2 Å². The number of nitrogens with zero attached hydrogens (tertiary/aromatic N) is 1. The number of barbiturate groups is 1. The molecule has 1 fully saturated rings. The number of halogens is 2. The maximum Gasteiger partial charge on any atom is 0.335 e. The molecule has 0 radical (unpaired) electrons. The zero-order valence-corrected chi connectivity index (χ0v) is 20.3. The summed E-state index contributed by atoms with van der Waals surface area (Å²) in [6.07, 6.45) is 1.39. The third-order valence-electron chi connectivity index (χ3n) is 5.33. The minimum absolute atomic E-state index is 0.115. The summed E-state index contributed by atoms with van der Waals surface area (Å²) in [6.45, 7) is 2.00. The molecule has 1 saturated heterocycles. The second kappa shape index (κ2) is 10.2. The number of hydrogen-bond acceptors (Lipinski definition) is 5. The lowest BCUT2D eigenvalue weighted by Gasteiger charge is -2.26. The number of ether oxygens (including phenoxy) is 2. The van der Waals surface area contributed by atoms with E-state index in [0.717, 1.165) is 10.5 Å². The largest absolute Gasteiger partial charge is 0.493 e. The summed E-state index contributed by atoms with van der Waals surface area (Å²) in [6, 6.07) is 16.1. The van der Waals surface area contributed by atoms with Crippen molar-refractivity contribution in [1.29, 1.82) is 0 Å². The van der Waals surface area contributed by atoms with Gasteiger partial charge in [-0.1, -0.05) is 53.0 Å². The van der Waals surface area contributed by atoms with Crippen LogP contribution < -0.4 is 19.7 Å². The Balaban J connectivity index is 1.60. The van der Waals surface area contributed by atoms with Gasteiger partial charge < -0.3 is 9.47 Å². The molecule has 1 N–H and O–H groups in total. The normalized spacial score (nSPS) is 14.8. The minimum Gasteiger partial charge on any atom is -0.493 e. The summed E-state index contributed by atoms with van der Waals surface area (Å²) < 4.78 is 11.3. The second-order valence-electron chi connectivity index (χ2n) is 7.69.